The van der Waals surface area contributed by atoms with Gasteiger partial charge in [0.1, 0.15) is 11.6 Å². The molecular weight excluding hydrogens is 454 g/mol. The van der Waals surface area contributed by atoms with E-state index in [-0.39, 0.29) is 17.7 Å². The van der Waals surface area contributed by atoms with Gasteiger partial charge in [-0.05, 0) is 49.2 Å². The molecule has 2 heterocycles. The van der Waals surface area contributed by atoms with Gasteiger partial charge in [0.15, 0.2) is 0 Å². The average molecular weight is 475 g/mol. The average Bonchev–Trinajstić information content (AvgIpc) is 3.23. The van der Waals surface area contributed by atoms with E-state index < -0.39 is 5.82 Å². The van der Waals surface area contributed by atoms with Crippen molar-refractivity contribution in [2.75, 3.05) is 18.4 Å². The molecule has 6 nitrogen and oxygen atoms in total. The molecule has 3 aromatic rings. The lowest BCUT2D eigenvalue weighted by molar-refractivity contribution is -0.121. The molecule has 1 saturated heterocycles. The lowest BCUT2D eigenvalue weighted by Gasteiger charge is -2.32. The Balaban J connectivity index is 1.43. The van der Waals surface area contributed by atoms with Crippen LogP contribution in [0.2, 0.25) is 10.0 Å². The van der Waals surface area contributed by atoms with Crippen LogP contribution in [0, 0.1) is 11.7 Å². The predicted octanol–water partition coefficient (Wildman–Crippen LogP) is 4.87. The normalized spacial score (nSPS) is 16.1. The molecule has 2 aromatic carbocycles. The number of likely N-dealkylation sites (tertiary alicyclic amines) is 1. The highest BCUT2D eigenvalue weighted by molar-refractivity contribution is 6.36. The lowest BCUT2D eigenvalue weighted by Crippen LogP contribution is -2.43. The molecule has 166 valence electrons. The third-order valence-corrected chi connectivity index (χ3v) is 6.22. The van der Waals surface area contributed by atoms with E-state index in [0.717, 1.165) is 0 Å². The summed E-state index contributed by atoms with van der Waals surface area (Å²) < 4.78 is 14.8. The number of carbonyl (C=O) groups is 2. The van der Waals surface area contributed by atoms with Crippen LogP contribution in [0.3, 0.4) is 0 Å². The van der Waals surface area contributed by atoms with E-state index in [1.165, 1.54) is 24.3 Å². The second-order valence-electron chi connectivity index (χ2n) is 7.66. The van der Waals surface area contributed by atoms with Crippen LogP contribution in [-0.2, 0) is 11.3 Å². The second kappa shape index (κ2) is 9.71. The van der Waals surface area contributed by atoms with Crippen molar-refractivity contribution in [2.45, 2.75) is 19.4 Å². The Morgan fingerprint density at radius 1 is 1.09 bits per heavy atom. The molecule has 1 aliphatic heterocycles. The Labute approximate surface area is 194 Å². The van der Waals surface area contributed by atoms with Gasteiger partial charge in [0.2, 0.25) is 5.91 Å². The number of aromatic nitrogens is 2. The number of halogens is 3. The fourth-order valence-electron chi connectivity index (χ4n) is 3.78. The van der Waals surface area contributed by atoms with Crippen molar-refractivity contribution in [1.29, 1.82) is 0 Å². The van der Waals surface area contributed by atoms with Crippen molar-refractivity contribution in [3.63, 3.8) is 0 Å². The van der Waals surface area contributed by atoms with Crippen LogP contribution in [0.5, 0.6) is 0 Å². The molecule has 1 aromatic heterocycles. The number of rotatable bonds is 5. The Hall–Kier alpha value is -2.90. The molecule has 0 unspecified atom stereocenters. The molecule has 0 bridgehead atoms. The van der Waals surface area contributed by atoms with E-state index in [1.807, 2.05) is 0 Å². The third kappa shape index (κ3) is 4.95. The zero-order valence-corrected chi connectivity index (χ0v) is 18.6. The van der Waals surface area contributed by atoms with Crippen molar-refractivity contribution in [3.05, 3.63) is 81.7 Å². The highest BCUT2D eigenvalue weighted by atomic mass is 35.5. The van der Waals surface area contributed by atoms with Gasteiger partial charge in [-0.2, -0.15) is 5.10 Å². The molecule has 0 spiro atoms. The maximum Gasteiger partial charge on any atom is 0.253 e. The summed E-state index contributed by atoms with van der Waals surface area (Å²) in [5.41, 5.74) is 1.12. The second-order valence-corrected chi connectivity index (χ2v) is 8.48. The van der Waals surface area contributed by atoms with Gasteiger partial charge in [-0.15, -0.1) is 0 Å². The molecule has 9 heteroatoms. The summed E-state index contributed by atoms with van der Waals surface area (Å²) in [5.74, 6) is -0.630. The van der Waals surface area contributed by atoms with E-state index in [1.54, 1.807) is 40.0 Å². The maximum absolute atomic E-state index is 13.2. The Kier molecular flexibility index (Phi) is 6.77. The molecule has 4 rings (SSSR count). The molecule has 1 N–H and O–H groups in total. The van der Waals surface area contributed by atoms with Crippen LogP contribution in [0.25, 0.3) is 0 Å². The van der Waals surface area contributed by atoms with Crippen molar-refractivity contribution in [1.82, 2.24) is 14.7 Å². The predicted molar refractivity (Wildman–Crippen MR) is 121 cm³/mol. The van der Waals surface area contributed by atoms with Gasteiger partial charge >= 0.3 is 0 Å². The van der Waals surface area contributed by atoms with Crippen molar-refractivity contribution in [3.8, 4) is 0 Å². The largest absolute Gasteiger partial charge is 0.338 e. The first-order chi connectivity index (χ1) is 15.4. The number of hydrogen-bond donors (Lipinski definition) is 1. The Morgan fingerprint density at radius 3 is 2.53 bits per heavy atom. The standard InChI is InChI=1S/C23H21Cl2FN4O2/c24-19-4-1-5-20(25)18(19)14-30-21(10-11-27-30)28-22(31)16-3-2-12-29(13-16)23(32)15-6-8-17(26)9-7-15/h1,4-11,16H,2-3,12-14H2,(H,28,31)/t16-/m1/s1. The van der Waals surface area contributed by atoms with Crippen LogP contribution in [-0.4, -0.2) is 39.6 Å². The first-order valence-corrected chi connectivity index (χ1v) is 11.0. The quantitative estimate of drug-likeness (QED) is 0.573. The van der Waals surface area contributed by atoms with E-state index in [4.69, 9.17) is 23.2 Å². The van der Waals surface area contributed by atoms with Gasteiger partial charge in [0, 0.05) is 40.3 Å². The van der Waals surface area contributed by atoms with Gasteiger partial charge in [0.25, 0.3) is 5.91 Å². The summed E-state index contributed by atoms with van der Waals surface area (Å²) in [6.45, 7) is 1.16. The maximum atomic E-state index is 13.2. The van der Waals surface area contributed by atoms with Crippen molar-refractivity contribution < 1.29 is 14.0 Å². The fourth-order valence-corrected chi connectivity index (χ4v) is 4.29. The first-order valence-electron chi connectivity index (χ1n) is 10.2. The molecule has 0 aliphatic carbocycles. The number of amides is 2. The molecule has 1 aliphatic rings. The van der Waals surface area contributed by atoms with Crippen molar-refractivity contribution in [2.24, 2.45) is 5.92 Å². The van der Waals surface area contributed by atoms with E-state index in [2.05, 4.69) is 10.4 Å². The van der Waals surface area contributed by atoms with Crippen LogP contribution < -0.4 is 5.32 Å². The minimum Gasteiger partial charge on any atom is -0.338 e. The number of carbonyl (C=O) groups excluding carboxylic acids is 2. The lowest BCUT2D eigenvalue weighted by atomic mass is 9.96. The Bertz CT molecular complexity index is 1110. The summed E-state index contributed by atoms with van der Waals surface area (Å²) >= 11 is 12.5. The summed E-state index contributed by atoms with van der Waals surface area (Å²) in [6, 6.07) is 12.4. The number of piperidine rings is 1. The molecule has 32 heavy (non-hydrogen) atoms. The number of hydrogen-bond acceptors (Lipinski definition) is 3. The smallest absolute Gasteiger partial charge is 0.253 e. The van der Waals surface area contributed by atoms with E-state index >= 15 is 0 Å². The molecule has 0 radical (unpaired) electrons. The number of benzene rings is 2. The minimum absolute atomic E-state index is 0.186. The fraction of sp³-hybridized carbons (Fsp3) is 0.261. The number of nitrogens with one attached hydrogen (secondary N) is 1. The molecular formula is C23H21Cl2FN4O2. The summed E-state index contributed by atoms with van der Waals surface area (Å²) in [7, 11) is 0. The van der Waals surface area contributed by atoms with Crippen LogP contribution in [0.4, 0.5) is 10.2 Å². The molecule has 2 amide bonds. The van der Waals surface area contributed by atoms with Gasteiger partial charge in [-0.1, -0.05) is 29.3 Å². The highest BCUT2D eigenvalue weighted by Crippen LogP contribution is 2.26. The molecule has 1 atom stereocenters. The van der Waals surface area contributed by atoms with E-state index in [9.17, 15) is 14.0 Å². The first kappa shape index (κ1) is 22.3. The van der Waals surface area contributed by atoms with E-state index in [0.29, 0.717) is 59.5 Å². The molecule has 0 saturated carbocycles. The van der Waals surface area contributed by atoms with Crippen LogP contribution in [0.15, 0.2) is 54.7 Å². The van der Waals surface area contributed by atoms with Gasteiger partial charge in [-0.3, -0.25) is 9.59 Å². The van der Waals surface area contributed by atoms with Crippen molar-refractivity contribution >= 4 is 40.8 Å². The topological polar surface area (TPSA) is 67.2 Å². The third-order valence-electron chi connectivity index (χ3n) is 5.51. The zero-order chi connectivity index (χ0) is 22.7. The minimum atomic E-state index is -0.396. The van der Waals surface area contributed by atoms with Gasteiger partial charge < -0.3 is 10.2 Å². The number of nitrogens with zero attached hydrogens (tertiary/aromatic N) is 3. The van der Waals surface area contributed by atoms with Crippen LogP contribution in [0.1, 0.15) is 28.8 Å². The molecule has 1 fully saturated rings. The number of anilines is 1. The SMILES string of the molecule is O=C(Nc1ccnn1Cc1c(Cl)cccc1Cl)[C@@H]1CCCN(C(=O)c2ccc(F)cc2)C1. The zero-order valence-electron chi connectivity index (χ0n) is 17.1. The summed E-state index contributed by atoms with van der Waals surface area (Å²) in [5, 5.41) is 8.23. The van der Waals surface area contributed by atoms with Gasteiger partial charge in [-0.25, -0.2) is 9.07 Å². The summed E-state index contributed by atoms with van der Waals surface area (Å²) in [4.78, 5) is 27.4. The summed E-state index contributed by atoms with van der Waals surface area (Å²) in [6.07, 6.45) is 2.97. The van der Waals surface area contributed by atoms with Gasteiger partial charge in [0.05, 0.1) is 18.7 Å². The monoisotopic (exact) mass is 474 g/mol. The Morgan fingerprint density at radius 2 is 1.81 bits per heavy atom. The highest BCUT2D eigenvalue weighted by Gasteiger charge is 2.29. The van der Waals surface area contributed by atoms with Crippen LogP contribution >= 0.6 is 23.2 Å².